The largest absolute Gasteiger partial charge is 0.360 e. The van der Waals surface area contributed by atoms with Crippen LogP contribution in [0.15, 0.2) is 24.3 Å². The van der Waals surface area contributed by atoms with Crippen molar-refractivity contribution in [3.63, 3.8) is 0 Å². The average molecular weight is 340 g/mol. The number of nitrogens with zero attached hydrogens (tertiary/aromatic N) is 2. The number of rotatable bonds is 7. The van der Waals surface area contributed by atoms with Crippen LogP contribution in [0.3, 0.4) is 0 Å². The number of carbonyl (C=O) groups is 1. The summed E-state index contributed by atoms with van der Waals surface area (Å²) in [6.45, 7) is 6.54. The molecule has 1 aromatic rings. The molecule has 1 fully saturated rings. The van der Waals surface area contributed by atoms with Crippen molar-refractivity contribution in [2.75, 3.05) is 37.6 Å². The van der Waals surface area contributed by atoms with E-state index < -0.39 is 10.2 Å². The molecule has 0 aliphatic carbocycles. The summed E-state index contributed by atoms with van der Waals surface area (Å²) in [5.74, 6) is 0.0207. The summed E-state index contributed by atoms with van der Waals surface area (Å²) in [7, 11) is -3.44. The van der Waals surface area contributed by atoms with Crippen molar-refractivity contribution in [3.8, 4) is 0 Å². The first-order chi connectivity index (χ1) is 11.0. The SMILES string of the molecule is CCN(CC)S(=O)(=O)NCc1ccc(N2CCNC(=O)C2)cc1. The third kappa shape index (κ3) is 4.66. The molecule has 1 amide bonds. The Morgan fingerprint density at radius 2 is 1.87 bits per heavy atom. The van der Waals surface area contributed by atoms with Gasteiger partial charge in [0.15, 0.2) is 0 Å². The Kier molecular flexibility index (Phi) is 5.97. The van der Waals surface area contributed by atoms with Crippen molar-refractivity contribution in [1.29, 1.82) is 0 Å². The van der Waals surface area contributed by atoms with Gasteiger partial charge in [-0.1, -0.05) is 26.0 Å². The molecular weight excluding hydrogens is 316 g/mol. The van der Waals surface area contributed by atoms with E-state index in [1.165, 1.54) is 4.31 Å². The van der Waals surface area contributed by atoms with Crippen molar-refractivity contribution in [1.82, 2.24) is 14.3 Å². The quantitative estimate of drug-likeness (QED) is 0.748. The molecule has 0 aromatic heterocycles. The molecule has 128 valence electrons. The van der Waals surface area contributed by atoms with Crippen LogP contribution in [0.25, 0.3) is 0 Å². The maximum absolute atomic E-state index is 12.1. The van der Waals surface area contributed by atoms with Crippen LogP contribution in [0.5, 0.6) is 0 Å². The van der Waals surface area contributed by atoms with E-state index in [2.05, 4.69) is 10.0 Å². The topological polar surface area (TPSA) is 81.8 Å². The molecule has 1 heterocycles. The first kappa shape index (κ1) is 17.7. The summed E-state index contributed by atoms with van der Waals surface area (Å²) in [5, 5.41) is 2.79. The molecule has 1 aliphatic heterocycles. The lowest BCUT2D eigenvalue weighted by Crippen LogP contribution is -2.47. The van der Waals surface area contributed by atoms with Crippen LogP contribution in [0.1, 0.15) is 19.4 Å². The molecule has 8 heteroatoms. The van der Waals surface area contributed by atoms with Gasteiger partial charge in [-0.15, -0.1) is 0 Å². The van der Waals surface area contributed by atoms with E-state index in [4.69, 9.17) is 0 Å². The Bertz CT molecular complexity index is 627. The number of nitrogens with one attached hydrogen (secondary N) is 2. The van der Waals surface area contributed by atoms with E-state index in [0.717, 1.165) is 17.8 Å². The molecule has 0 radical (unpaired) electrons. The molecule has 0 unspecified atom stereocenters. The molecule has 2 N–H and O–H groups in total. The summed E-state index contributed by atoms with van der Waals surface area (Å²) >= 11 is 0. The van der Waals surface area contributed by atoms with Crippen LogP contribution < -0.4 is 14.9 Å². The van der Waals surface area contributed by atoms with Crippen molar-refractivity contribution in [2.24, 2.45) is 0 Å². The van der Waals surface area contributed by atoms with Gasteiger partial charge in [-0.05, 0) is 17.7 Å². The summed E-state index contributed by atoms with van der Waals surface area (Å²) in [6.07, 6.45) is 0. The predicted octanol–water partition coefficient (Wildman–Crippen LogP) is 0.299. The number of benzene rings is 1. The Labute approximate surface area is 137 Å². The van der Waals surface area contributed by atoms with Crippen LogP contribution in [-0.4, -0.2) is 51.4 Å². The molecule has 1 saturated heterocycles. The first-order valence-corrected chi connectivity index (χ1v) is 9.25. The second-order valence-electron chi connectivity index (χ2n) is 5.35. The van der Waals surface area contributed by atoms with Gasteiger partial charge in [0.2, 0.25) is 5.91 Å². The minimum absolute atomic E-state index is 0.0207. The van der Waals surface area contributed by atoms with Gasteiger partial charge in [0.05, 0.1) is 6.54 Å². The molecule has 0 spiro atoms. The number of amides is 1. The van der Waals surface area contributed by atoms with Gasteiger partial charge in [-0.25, -0.2) is 0 Å². The first-order valence-electron chi connectivity index (χ1n) is 7.81. The molecule has 7 nitrogen and oxygen atoms in total. The van der Waals surface area contributed by atoms with Gasteiger partial charge < -0.3 is 10.2 Å². The van der Waals surface area contributed by atoms with Crippen molar-refractivity contribution >= 4 is 21.8 Å². The van der Waals surface area contributed by atoms with Crippen molar-refractivity contribution in [2.45, 2.75) is 20.4 Å². The highest BCUT2D eigenvalue weighted by Gasteiger charge is 2.18. The predicted molar refractivity (Wildman–Crippen MR) is 90.3 cm³/mol. The van der Waals surface area contributed by atoms with E-state index in [-0.39, 0.29) is 12.5 Å². The normalized spacial score (nSPS) is 15.8. The molecule has 23 heavy (non-hydrogen) atoms. The molecule has 0 bridgehead atoms. The Morgan fingerprint density at radius 1 is 1.22 bits per heavy atom. The summed E-state index contributed by atoms with van der Waals surface area (Å²) in [4.78, 5) is 13.4. The monoisotopic (exact) mass is 340 g/mol. The minimum Gasteiger partial charge on any atom is -0.360 e. The molecule has 0 atom stereocenters. The molecular formula is C15H24N4O3S. The zero-order valence-corrected chi connectivity index (χ0v) is 14.4. The van der Waals surface area contributed by atoms with Crippen LogP contribution in [0, 0.1) is 0 Å². The smallest absolute Gasteiger partial charge is 0.279 e. The summed E-state index contributed by atoms with van der Waals surface area (Å²) in [5.41, 5.74) is 1.85. The fraction of sp³-hybridized carbons (Fsp3) is 0.533. The van der Waals surface area contributed by atoms with E-state index in [0.29, 0.717) is 26.2 Å². The lowest BCUT2D eigenvalue weighted by molar-refractivity contribution is -0.120. The Morgan fingerprint density at radius 3 is 2.43 bits per heavy atom. The van der Waals surface area contributed by atoms with E-state index in [1.807, 2.05) is 43.0 Å². The van der Waals surface area contributed by atoms with Crippen LogP contribution >= 0.6 is 0 Å². The summed E-state index contributed by atoms with van der Waals surface area (Å²) < 4.78 is 28.1. The van der Waals surface area contributed by atoms with E-state index in [1.54, 1.807) is 0 Å². The van der Waals surface area contributed by atoms with Crippen molar-refractivity contribution < 1.29 is 13.2 Å². The minimum atomic E-state index is -3.44. The number of piperazine rings is 1. The lowest BCUT2D eigenvalue weighted by Gasteiger charge is -2.28. The fourth-order valence-electron chi connectivity index (χ4n) is 2.51. The van der Waals surface area contributed by atoms with E-state index in [9.17, 15) is 13.2 Å². The lowest BCUT2D eigenvalue weighted by atomic mass is 10.2. The molecule has 1 aromatic carbocycles. The van der Waals surface area contributed by atoms with Gasteiger partial charge in [0, 0.05) is 38.4 Å². The molecule has 2 rings (SSSR count). The van der Waals surface area contributed by atoms with Gasteiger partial charge in [-0.3, -0.25) is 4.79 Å². The zero-order chi connectivity index (χ0) is 16.9. The Balaban J connectivity index is 1.96. The van der Waals surface area contributed by atoms with Crippen LogP contribution in [-0.2, 0) is 21.5 Å². The highest BCUT2D eigenvalue weighted by atomic mass is 32.2. The Hall–Kier alpha value is -1.64. The van der Waals surface area contributed by atoms with Gasteiger partial charge in [0.1, 0.15) is 0 Å². The number of hydrogen-bond acceptors (Lipinski definition) is 4. The second kappa shape index (κ2) is 7.76. The second-order valence-corrected chi connectivity index (χ2v) is 7.10. The number of anilines is 1. The standard InChI is InChI=1S/C15H24N4O3S/c1-3-19(4-2)23(21,22)17-11-13-5-7-14(8-6-13)18-10-9-16-15(20)12-18/h5-8,17H,3-4,9-12H2,1-2H3,(H,16,20). The highest BCUT2D eigenvalue weighted by molar-refractivity contribution is 7.87. The van der Waals surface area contributed by atoms with Gasteiger partial charge >= 0.3 is 0 Å². The number of hydrogen-bond donors (Lipinski definition) is 2. The van der Waals surface area contributed by atoms with Gasteiger partial charge in [0.25, 0.3) is 10.2 Å². The third-order valence-corrected chi connectivity index (χ3v) is 5.55. The molecule has 0 saturated carbocycles. The summed E-state index contributed by atoms with van der Waals surface area (Å²) in [6, 6.07) is 7.60. The van der Waals surface area contributed by atoms with Crippen molar-refractivity contribution in [3.05, 3.63) is 29.8 Å². The molecule has 1 aliphatic rings. The van der Waals surface area contributed by atoms with Gasteiger partial charge in [-0.2, -0.15) is 17.4 Å². The van der Waals surface area contributed by atoms with Crippen LogP contribution in [0.2, 0.25) is 0 Å². The van der Waals surface area contributed by atoms with Crippen LogP contribution in [0.4, 0.5) is 5.69 Å². The zero-order valence-electron chi connectivity index (χ0n) is 13.6. The fourth-order valence-corrected chi connectivity index (χ4v) is 3.72. The highest BCUT2D eigenvalue weighted by Crippen LogP contribution is 2.16. The average Bonchev–Trinajstić information content (AvgIpc) is 2.54. The number of carbonyl (C=O) groups excluding carboxylic acids is 1. The maximum atomic E-state index is 12.1. The van der Waals surface area contributed by atoms with E-state index >= 15 is 0 Å². The third-order valence-electron chi connectivity index (χ3n) is 3.84. The maximum Gasteiger partial charge on any atom is 0.279 e.